The Labute approximate surface area is 117 Å². The van der Waals surface area contributed by atoms with Gasteiger partial charge in [0.25, 0.3) is 5.88 Å². The van der Waals surface area contributed by atoms with Gasteiger partial charge in [0.2, 0.25) is 0 Å². The summed E-state index contributed by atoms with van der Waals surface area (Å²) in [5, 5.41) is 0. The zero-order valence-corrected chi connectivity index (χ0v) is 11.9. The predicted molar refractivity (Wildman–Crippen MR) is 76.1 cm³/mol. The van der Waals surface area contributed by atoms with E-state index in [2.05, 4.69) is 15.3 Å². The minimum absolute atomic E-state index is 0.634. The number of rotatable bonds is 7. The largest absolute Gasteiger partial charge is 0.475 e. The molecule has 100 valence electrons. The Morgan fingerprint density at radius 3 is 3.11 bits per heavy atom. The van der Waals surface area contributed by atoms with Gasteiger partial charge in [-0.1, -0.05) is 6.08 Å². The lowest BCUT2D eigenvalue weighted by atomic mass is 10.2. The van der Waals surface area contributed by atoms with Crippen molar-refractivity contribution in [1.29, 1.82) is 0 Å². The van der Waals surface area contributed by atoms with Gasteiger partial charge < -0.3 is 4.74 Å². The highest BCUT2D eigenvalue weighted by Gasteiger charge is 2.14. The Morgan fingerprint density at radius 1 is 1.42 bits per heavy atom. The van der Waals surface area contributed by atoms with E-state index in [1.165, 1.54) is 11.7 Å². The van der Waals surface area contributed by atoms with E-state index in [0.717, 1.165) is 30.5 Å². The molecule has 0 saturated heterocycles. The third-order valence-electron chi connectivity index (χ3n) is 2.71. The van der Waals surface area contributed by atoms with E-state index in [4.69, 9.17) is 4.74 Å². The normalized spacial score (nSPS) is 10.4. The molecule has 2 heterocycles. The molecule has 0 spiro atoms. The van der Waals surface area contributed by atoms with E-state index in [0.29, 0.717) is 12.5 Å². The summed E-state index contributed by atoms with van der Waals surface area (Å²) >= 11 is 1.18. The molecular formula is C14H18N3OS+. The number of hydrogen-bond donors (Lipinski definition) is 0. The molecule has 0 aliphatic rings. The van der Waals surface area contributed by atoms with Crippen molar-refractivity contribution in [1.82, 2.24) is 8.75 Å². The summed E-state index contributed by atoms with van der Waals surface area (Å²) in [6.07, 6.45) is 9.06. The molecule has 0 aromatic carbocycles. The first-order valence-electron chi connectivity index (χ1n) is 6.33. The SMILES string of the molecule is C=CCCCCOc1nsnc1-c1ccc[n+](C)c1. The highest BCUT2D eigenvalue weighted by atomic mass is 32.1. The number of pyridine rings is 1. The monoisotopic (exact) mass is 276 g/mol. The van der Waals surface area contributed by atoms with E-state index in [-0.39, 0.29) is 0 Å². The smallest absolute Gasteiger partial charge is 0.254 e. The van der Waals surface area contributed by atoms with Gasteiger partial charge in [-0.25, -0.2) is 4.57 Å². The van der Waals surface area contributed by atoms with Crippen LogP contribution in [0, 0.1) is 0 Å². The Kier molecular flexibility index (Phi) is 5.03. The zero-order chi connectivity index (χ0) is 13.5. The van der Waals surface area contributed by atoms with Gasteiger partial charge in [0.15, 0.2) is 18.1 Å². The lowest BCUT2D eigenvalue weighted by molar-refractivity contribution is -0.671. The standard InChI is InChI=1S/C14H18N3OS/c1-3-4-5-6-10-18-14-13(15-19-16-14)12-8-7-9-17(2)11-12/h3,7-9,11H,1,4-6,10H2,2H3/q+1. The molecule has 0 aliphatic carbocycles. The number of hydrogen-bond acceptors (Lipinski definition) is 4. The summed E-state index contributed by atoms with van der Waals surface area (Å²) < 4.78 is 16.2. The minimum Gasteiger partial charge on any atom is -0.475 e. The Morgan fingerprint density at radius 2 is 2.32 bits per heavy atom. The van der Waals surface area contributed by atoms with Crippen LogP contribution in [0.15, 0.2) is 37.2 Å². The lowest BCUT2D eigenvalue weighted by Crippen LogP contribution is -2.26. The Hall–Kier alpha value is -1.75. The topological polar surface area (TPSA) is 38.9 Å². The van der Waals surface area contributed by atoms with Crippen LogP contribution in [0.1, 0.15) is 19.3 Å². The second-order valence-electron chi connectivity index (χ2n) is 4.31. The molecule has 0 fully saturated rings. The second kappa shape index (κ2) is 6.99. The van der Waals surface area contributed by atoms with Gasteiger partial charge in [-0.3, -0.25) is 0 Å². The molecule has 0 amide bonds. The van der Waals surface area contributed by atoms with Crippen LogP contribution in [0.4, 0.5) is 0 Å². The molecule has 0 bridgehead atoms. The molecule has 0 N–H and O–H groups in total. The quantitative estimate of drug-likeness (QED) is 0.443. The average Bonchev–Trinajstić information content (AvgIpc) is 2.87. The fraction of sp³-hybridized carbons (Fsp3) is 0.357. The van der Waals surface area contributed by atoms with Gasteiger partial charge >= 0.3 is 0 Å². The molecule has 0 saturated carbocycles. The summed E-state index contributed by atoms with van der Waals surface area (Å²) in [6, 6.07) is 4.00. The zero-order valence-electron chi connectivity index (χ0n) is 11.1. The fourth-order valence-electron chi connectivity index (χ4n) is 1.74. The van der Waals surface area contributed by atoms with Crippen LogP contribution in [0.3, 0.4) is 0 Å². The molecule has 0 aliphatic heterocycles. The maximum absolute atomic E-state index is 5.71. The Balaban J connectivity index is 1.99. The number of aryl methyl sites for hydroxylation is 1. The molecule has 0 unspecified atom stereocenters. The van der Waals surface area contributed by atoms with E-state index < -0.39 is 0 Å². The van der Waals surface area contributed by atoms with Crippen molar-refractivity contribution in [2.45, 2.75) is 19.3 Å². The number of ether oxygens (including phenoxy) is 1. The average molecular weight is 276 g/mol. The van der Waals surface area contributed by atoms with Crippen molar-refractivity contribution < 1.29 is 9.30 Å². The van der Waals surface area contributed by atoms with Crippen LogP contribution >= 0.6 is 11.7 Å². The Bertz CT molecular complexity index is 539. The summed E-state index contributed by atoms with van der Waals surface area (Å²) in [5.41, 5.74) is 1.85. The summed E-state index contributed by atoms with van der Waals surface area (Å²) in [6.45, 7) is 4.38. The third kappa shape index (κ3) is 3.86. The number of allylic oxidation sites excluding steroid dienone is 1. The molecular weight excluding hydrogens is 258 g/mol. The maximum atomic E-state index is 5.71. The van der Waals surface area contributed by atoms with Crippen molar-refractivity contribution >= 4 is 11.7 Å². The van der Waals surface area contributed by atoms with Gasteiger partial charge in [-0.15, -0.1) is 11.0 Å². The van der Waals surface area contributed by atoms with E-state index in [1.807, 2.05) is 42.2 Å². The van der Waals surface area contributed by atoms with Crippen LogP contribution < -0.4 is 9.30 Å². The molecule has 4 nitrogen and oxygen atoms in total. The molecule has 2 rings (SSSR count). The summed E-state index contributed by atoms with van der Waals surface area (Å²) in [4.78, 5) is 0. The van der Waals surface area contributed by atoms with Crippen LogP contribution in [0.5, 0.6) is 5.88 Å². The first kappa shape index (κ1) is 13.7. The van der Waals surface area contributed by atoms with Gasteiger partial charge in [0.05, 0.1) is 23.9 Å². The van der Waals surface area contributed by atoms with E-state index in [9.17, 15) is 0 Å². The summed E-state index contributed by atoms with van der Waals surface area (Å²) in [7, 11) is 1.99. The van der Waals surface area contributed by atoms with Crippen LogP contribution in [0.25, 0.3) is 11.3 Å². The van der Waals surface area contributed by atoms with Crippen molar-refractivity contribution in [2.24, 2.45) is 7.05 Å². The molecule has 0 atom stereocenters. The fourth-order valence-corrected chi connectivity index (χ4v) is 2.26. The highest BCUT2D eigenvalue weighted by Crippen LogP contribution is 2.26. The minimum atomic E-state index is 0.634. The first-order valence-corrected chi connectivity index (χ1v) is 7.06. The number of nitrogens with zero attached hydrogens (tertiary/aromatic N) is 3. The van der Waals surface area contributed by atoms with Crippen LogP contribution in [-0.4, -0.2) is 15.4 Å². The van der Waals surface area contributed by atoms with Gasteiger partial charge in [0.1, 0.15) is 7.05 Å². The number of unbranched alkanes of at least 4 members (excludes halogenated alkanes) is 2. The van der Waals surface area contributed by atoms with Gasteiger partial charge in [-0.2, -0.15) is 4.37 Å². The van der Waals surface area contributed by atoms with Crippen molar-refractivity contribution in [3.8, 4) is 17.1 Å². The molecule has 0 radical (unpaired) electrons. The third-order valence-corrected chi connectivity index (χ3v) is 3.22. The van der Waals surface area contributed by atoms with Crippen molar-refractivity contribution in [2.75, 3.05) is 6.61 Å². The van der Waals surface area contributed by atoms with Gasteiger partial charge in [0, 0.05) is 6.07 Å². The lowest BCUT2D eigenvalue weighted by Gasteiger charge is -2.03. The van der Waals surface area contributed by atoms with E-state index in [1.54, 1.807) is 0 Å². The van der Waals surface area contributed by atoms with Crippen LogP contribution in [-0.2, 0) is 7.05 Å². The van der Waals surface area contributed by atoms with Crippen molar-refractivity contribution in [3.63, 3.8) is 0 Å². The van der Waals surface area contributed by atoms with Crippen LogP contribution in [0.2, 0.25) is 0 Å². The molecule has 5 heteroatoms. The van der Waals surface area contributed by atoms with E-state index >= 15 is 0 Å². The maximum Gasteiger partial charge on any atom is 0.254 e. The first-order chi connectivity index (χ1) is 9.31. The van der Waals surface area contributed by atoms with Gasteiger partial charge in [-0.05, 0) is 25.3 Å². The second-order valence-corrected chi connectivity index (χ2v) is 4.84. The molecule has 2 aromatic rings. The van der Waals surface area contributed by atoms with Crippen molar-refractivity contribution in [3.05, 3.63) is 37.2 Å². The predicted octanol–water partition coefficient (Wildman–Crippen LogP) is 2.76. The molecule has 2 aromatic heterocycles. The molecule has 19 heavy (non-hydrogen) atoms. The number of aromatic nitrogens is 3. The highest BCUT2D eigenvalue weighted by molar-refractivity contribution is 6.99. The summed E-state index contributed by atoms with van der Waals surface area (Å²) in [5.74, 6) is 0.634.